The summed E-state index contributed by atoms with van der Waals surface area (Å²) in [6, 6.07) is 6.55. The van der Waals surface area contributed by atoms with Crippen molar-refractivity contribution >= 4 is 45.6 Å². The maximum absolute atomic E-state index is 14.1. The monoisotopic (exact) mass is 477 g/mol. The Morgan fingerprint density at radius 2 is 1.88 bits per heavy atom. The van der Waals surface area contributed by atoms with Gasteiger partial charge in [0.1, 0.15) is 11.6 Å². The standard InChI is InChI=1S/C17H18F2IN3O3/c18-9-5-14(22-4-3-11(25)8-24)16(17(21)26)15(6-9)23-13-2-1-10(20)7-12(13)19/h1-2,5-7,11,22-25H,3-4,8H2,(H2,21,26)/t11-/m1/s1. The Morgan fingerprint density at radius 1 is 1.19 bits per heavy atom. The fourth-order valence-electron chi connectivity index (χ4n) is 2.31. The second-order valence-electron chi connectivity index (χ2n) is 5.54. The van der Waals surface area contributed by atoms with Crippen molar-refractivity contribution < 1.29 is 23.8 Å². The van der Waals surface area contributed by atoms with Crippen LogP contribution in [0.3, 0.4) is 0 Å². The summed E-state index contributed by atoms with van der Waals surface area (Å²) in [5.74, 6) is -2.05. The maximum Gasteiger partial charge on any atom is 0.252 e. The molecule has 0 unspecified atom stereocenters. The number of hydrogen-bond acceptors (Lipinski definition) is 5. The smallest absolute Gasteiger partial charge is 0.252 e. The number of aliphatic hydroxyl groups is 2. The number of benzene rings is 2. The van der Waals surface area contributed by atoms with Gasteiger partial charge in [0.25, 0.3) is 5.91 Å². The van der Waals surface area contributed by atoms with Crippen molar-refractivity contribution in [2.45, 2.75) is 12.5 Å². The third-order valence-electron chi connectivity index (χ3n) is 3.55. The molecule has 0 saturated heterocycles. The lowest BCUT2D eigenvalue weighted by Gasteiger charge is -2.17. The molecule has 6 nitrogen and oxygen atoms in total. The topological polar surface area (TPSA) is 108 Å². The van der Waals surface area contributed by atoms with Gasteiger partial charge in [-0.1, -0.05) is 0 Å². The number of hydrogen-bond donors (Lipinski definition) is 5. The number of aliphatic hydroxyl groups excluding tert-OH is 2. The molecule has 0 aliphatic carbocycles. The van der Waals surface area contributed by atoms with Crippen LogP contribution in [0.25, 0.3) is 0 Å². The number of nitrogens with one attached hydrogen (secondary N) is 2. The summed E-state index contributed by atoms with van der Waals surface area (Å²) in [7, 11) is 0. The Morgan fingerprint density at radius 3 is 2.50 bits per heavy atom. The molecule has 0 bridgehead atoms. The highest BCUT2D eigenvalue weighted by Gasteiger charge is 2.18. The van der Waals surface area contributed by atoms with Crippen molar-refractivity contribution in [1.29, 1.82) is 0 Å². The summed E-state index contributed by atoms with van der Waals surface area (Å²) in [5, 5.41) is 23.7. The minimum Gasteiger partial charge on any atom is -0.394 e. The van der Waals surface area contributed by atoms with Crippen LogP contribution in [-0.4, -0.2) is 35.4 Å². The van der Waals surface area contributed by atoms with E-state index in [2.05, 4.69) is 10.6 Å². The van der Waals surface area contributed by atoms with E-state index >= 15 is 0 Å². The largest absolute Gasteiger partial charge is 0.394 e. The summed E-state index contributed by atoms with van der Waals surface area (Å²) < 4.78 is 28.7. The average Bonchev–Trinajstić information content (AvgIpc) is 2.56. The second-order valence-corrected chi connectivity index (χ2v) is 6.79. The van der Waals surface area contributed by atoms with Gasteiger partial charge in [0.2, 0.25) is 0 Å². The number of primary amides is 1. The van der Waals surface area contributed by atoms with Gasteiger partial charge in [0, 0.05) is 10.1 Å². The summed E-state index contributed by atoms with van der Waals surface area (Å²) in [4.78, 5) is 11.9. The Kier molecular flexibility index (Phi) is 7.12. The van der Waals surface area contributed by atoms with Crippen LogP contribution in [0.4, 0.5) is 25.8 Å². The Balaban J connectivity index is 2.34. The van der Waals surface area contributed by atoms with Crippen molar-refractivity contribution in [2.24, 2.45) is 5.73 Å². The van der Waals surface area contributed by atoms with Crippen molar-refractivity contribution in [2.75, 3.05) is 23.8 Å². The number of rotatable bonds is 8. The zero-order valence-corrected chi connectivity index (χ0v) is 15.8. The highest BCUT2D eigenvalue weighted by molar-refractivity contribution is 14.1. The molecule has 0 radical (unpaired) electrons. The van der Waals surface area contributed by atoms with Gasteiger partial charge < -0.3 is 26.6 Å². The number of amides is 1. The number of carbonyl (C=O) groups is 1. The van der Waals surface area contributed by atoms with E-state index in [9.17, 15) is 18.7 Å². The Hall–Kier alpha value is -1.98. The molecule has 2 rings (SSSR count). The first-order chi connectivity index (χ1) is 12.3. The highest BCUT2D eigenvalue weighted by Crippen LogP contribution is 2.30. The van der Waals surface area contributed by atoms with Crippen molar-refractivity contribution in [3.05, 3.63) is 51.1 Å². The molecule has 2 aromatic rings. The molecule has 1 amide bonds. The van der Waals surface area contributed by atoms with E-state index in [1.54, 1.807) is 6.07 Å². The summed E-state index contributed by atoms with van der Waals surface area (Å²) in [6.45, 7) is -0.241. The Bertz CT molecular complexity index is 805. The molecule has 0 heterocycles. The molecule has 1 atom stereocenters. The van der Waals surface area contributed by atoms with Crippen LogP contribution in [0.1, 0.15) is 16.8 Å². The lowest BCUT2D eigenvalue weighted by molar-refractivity contribution is 0.0911. The molecule has 0 aromatic heterocycles. The number of carbonyl (C=O) groups excluding carboxylic acids is 1. The summed E-state index contributed by atoms with van der Waals surface area (Å²) in [5.41, 5.74) is 5.57. The molecule has 2 aromatic carbocycles. The molecular weight excluding hydrogens is 459 g/mol. The van der Waals surface area contributed by atoms with Gasteiger partial charge in [-0.2, -0.15) is 0 Å². The molecule has 26 heavy (non-hydrogen) atoms. The second kappa shape index (κ2) is 9.10. The zero-order chi connectivity index (χ0) is 19.3. The van der Waals surface area contributed by atoms with Gasteiger partial charge in [-0.05, 0) is 59.3 Å². The van der Waals surface area contributed by atoms with Crippen molar-refractivity contribution in [3.8, 4) is 0 Å². The van der Waals surface area contributed by atoms with Gasteiger partial charge >= 0.3 is 0 Å². The molecule has 0 saturated carbocycles. The van der Waals surface area contributed by atoms with Crippen LogP contribution >= 0.6 is 22.6 Å². The van der Waals surface area contributed by atoms with E-state index in [0.29, 0.717) is 3.57 Å². The normalized spacial score (nSPS) is 11.9. The molecule has 0 aliphatic rings. The van der Waals surface area contributed by atoms with Gasteiger partial charge in [0.15, 0.2) is 0 Å². The number of anilines is 3. The van der Waals surface area contributed by atoms with Gasteiger partial charge in [-0.15, -0.1) is 0 Å². The summed E-state index contributed by atoms with van der Waals surface area (Å²) in [6.07, 6.45) is -0.758. The van der Waals surface area contributed by atoms with E-state index in [4.69, 9.17) is 10.8 Å². The van der Waals surface area contributed by atoms with Crippen molar-refractivity contribution in [1.82, 2.24) is 0 Å². The highest BCUT2D eigenvalue weighted by atomic mass is 127. The fourth-order valence-corrected chi connectivity index (χ4v) is 2.76. The SMILES string of the molecule is NC(=O)c1c(NCC[C@@H](O)CO)cc(F)cc1Nc1ccc(I)cc1F. The van der Waals surface area contributed by atoms with E-state index in [0.717, 1.165) is 12.1 Å². The van der Waals surface area contributed by atoms with Gasteiger partial charge in [0.05, 0.1) is 35.3 Å². The van der Waals surface area contributed by atoms with E-state index in [-0.39, 0.29) is 35.6 Å². The fraction of sp³-hybridized carbons (Fsp3) is 0.235. The third-order valence-corrected chi connectivity index (χ3v) is 4.22. The molecule has 140 valence electrons. The van der Waals surface area contributed by atoms with Crippen LogP contribution in [0.2, 0.25) is 0 Å². The first-order valence-electron chi connectivity index (χ1n) is 7.70. The van der Waals surface area contributed by atoms with Crippen LogP contribution < -0.4 is 16.4 Å². The van der Waals surface area contributed by atoms with Gasteiger partial charge in [-0.3, -0.25) is 4.79 Å². The molecule has 0 fully saturated rings. The lowest BCUT2D eigenvalue weighted by atomic mass is 10.1. The van der Waals surface area contributed by atoms with Crippen LogP contribution in [-0.2, 0) is 0 Å². The van der Waals surface area contributed by atoms with Crippen LogP contribution in [0.15, 0.2) is 30.3 Å². The van der Waals surface area contributed by atoms with E-state index < -0.39 is 30.3 Å². The van der Waals surface area contributed by atoms with E-state index in [1.807, 2.05) is 22.6 Å². The quantitative estimate of drug-likeness (QED) is 0.376. The average molecular weight is 477 g/mol. The molecule has 9 heteroatoms. The maximum atomic E-state index is 14.1. The van der Waals surface area contributed by atoms with Crippen LogP contribution in [0, 0.1) is 15.2 Å². The Labute approximate surface area is 162 Å². The first-order valence-corrected chi connectivity index (χ1v) is 8.78. The number of nitrogens with two attached hydrogens (primary N) is 1. The van der Waals surface area contributed by atoms with Crippen LogP contribution in [0.5, 0.6) is 0 Å². The molecule has 0 spiro atoms. The molecule has 6 N–H and O–H groups in total. The third kappa shape index (κ3) is 5.26. The zero-order valence-electron chi connectivity index (χ0n) is 13.6. The molecule has 0 aliphatic heterocycles. The summed E-state index contributed by atoms with van der Waals surface area (Å²) >= 11 is 1.95. The predicted molar refractivity (Wildman–Crippen MR) is 104 cm³/mol. The first kappa shape index (κ1) is 20.3. The minimum atomic E-state index is -0.938. The lowest BCUT2D eigenvalue weighted by Crippen LogP contribution is -2.20. The molecular formula is C17H18F2IN3O3. The number of halogens is 3. The van der Waals surface area contributed by atoms with Gasteiger partial charge in [-0.25, -0.2) is 8.78 Å². The predicted octanol–water partition coefficient (Wildman–Crippen LogP) is 2.57. The van der Waals surface area contributed by atoms with Crippen molar-refractivity contribution in [3.63, 3.8) is 0 Å². The van der Waals surface area contributed by atoms with E-state index in [1.165, 1.54) is 12.1 Å². The minimum absolute atomic E-state index is 0.0165.